The highest BCUT2D eigenvalue weighted by atomic mass is 19.1. The molecule has 1 aromatic carbocycles. The molecule has 9 nitrogen and oxygen atoms in total. The number of aldehydes is 1. The number of nitrogens with zero attached hydrogens (tertiary/aromatic N) is 5. The molecule has 1 atom stereocenters. The molecule has 3 N–H and O–H groups in total. The minimum absolute atomic E-state index is 0.0262. The zero-order chi connectivity index (χ0) is 31.0. The highest BCUT2D eigenvalue weighted by molar-refractivity contribution is 5.85. The van der Waals surface area contributed by atoms with Gasteiger partial charge in [-0.25, -0.2) is 18.7 Å². The number of carbonyl (C=O) groups excluding carboxylic acids is 1. The zero-order valence-electron chi connectivity index (χ0n) is 24.6. The molecular formula is C31H36F2N6O3. The van der Waals surface area contributed by atoms with Gasteiger partial charge in [-0.15, -0.1) is 0 Å². The lowest BCUT2D eigenvalue weighted by Gasteiger charge is -2.22. The Morgan fingerprint density at radius 2 is 1.74 bits per heavy atom. The molecule has 0 fully saturated rings. The Bertz CT molecular complexity index is 1510. The summed E-state index contributed by atoms with van der Waals surface area (Å²) in [6.45, 7) is 7.43. The van der Waals surface area contributed by atoms with Gasteiger partial charge in [-0.05, 0) is 81.8 Å². The molecule has 0 radical (unpaired) electrons. The second-order valence-electron chi connectivity index (χ2n) is 10.1. The molecule has 0 spiro atoms. The van der Waals surface area contributed by atoms with Crippen molar-refractivity contribution >= 4 is 18.1 Å². The van der Waals surface area contributed by atoms with Crippen LogP contribution in [0.25, 0.3) is 22.4 Å². The van der Waals surface area contributed by atoms with E-state index in [0.717, 1.165) is 13.4 Å². The number of aliphatic hydroxyl groups excluding tert-OH is 1. The van der Waals surface area contributed by atoms with Crippen molar-refractivity contribution in [2.75, 3.05) is 37.9 Å². The van der Waals surface area contributed by atoms with Gasteiger partial charge < -0.3 is 25.3 Å². The van der Waals surface area contributed by atoms with Gasteiger partial charge in [0, 0.05) is 25.4 Å². The molecule has 0 aliphatic carbocycles. The number of aryl methyl sites for hydroxylation is 1. The van der Waals surface area contributed by atoms with Gasteiger partial charge in [0.2, 0.25) is 11.8 Å². The summed E-state index contributed by atoms with van der Waals surface area (Å²) in [7, 11) is 2.86. The van der Waals surface area contributed by atoms with Crippen LogP contribution in [0.4, 0.5) is 20.5 Å². The molecule has 0 aliphatic rings. The number of pyridine rings is 2. The van der Waals surface area contributed by atoms with Crippen molar-refractivity contribution in [3.8, 4) is 28.3 Å². The van der Waals surface area contributed by atoms with Crippen LogP contribution in [-0.2, 0) is 10.2 Å². The van der Waals surface area contributed by atoms with Crippen LogP contribution in [0, 0.1) is 12.7 Å². The second kappa shape index (κ2) is 13.9. The van der Waals surface area contributed by atoms with Crippen LogP contribution >= 0.6 is 0 Å². The first kappa shape index (κ1) is 32.0. The highest BCUT2D eigenvalue weighted by Gasteiger charge is 2.23. The Labute approximate surface area is 244 Å². The number of anilines is 2. The number of aliphatic hydroxyl groups is 1. The summed E-state index contributed by atoms with van der Waals surface area (Å²) in [5.74, 6) is 0.458. The topological polar surface area (TPSA) is 127 Å². The maximum atomic E-state index is 14.3. The summed E-state index contributed by atoms with van der Waals surface area (Å²) in [4.78, 5) is 31.2. The number of benzene rings is 1. The average molecular weight is 579 g/mol. The van der Waals surface area contributed by atoms with E-state index in [1.54, 1.807) is 31.2 Å². The van der Waals surface area contributed by atoms with Crippen LogP contribution in [0.2, 0.25) is 0 Å². The molecule has 0 saturated carbocycles. The van der Waals surface area contributed by atoms with Gasteiger partial charge in [-0.2, -0.15) is 4.98 Å². The summed E-state index contributed by atoms with van der Waals surface area (Å²) < 4.78 is 34.2. The molecule has 4 rings (SSSR count). The van der Waals surface area contributed by atoms with E-state index in [1.165, 1.54) is 19.1 Å². The molecule has 0 aliphatic heterocycles. The van der Waals surface area contributed by atoms with E-state index in [4.69, 9.17) is 15.6 Å². The Morgan fingerprint density at radius 1 is 1.05 bits per heavy atom. The minimum Gasteiger partial charge on any atom is -0.475 e. The van der Waals surface area contributed by atoms with Crippen molar-refractivity contribution in [2.45, 2.75) is 39.3 Å². The molecule has 42 heavy (non-hydrogen) atoms. The van der Waals surface area contributed by atoms with Crippen molar-refractivity contribution in [3.05, 3.63) is 77.5 Å². The van der Waals surface area contributed by atoms with Gasteiger partial charge in [-0.1, -0.05) is 6.07 Å². The third kappa shape index (κ3) is 7.61. The van der Waals surface area contributed by atoms with E-state index < -0.39 is 17.4 Å². The Hall–Kier alpha value is -4.51. The maximum absolute atomic E-state index is 14.3. The van der Waals surface area contributed by atoms with E-state index >= 15 is 0 Å². The SMILES string of the molecule is CO.Cc1cc(-c2c(OCCN(C)c3cccc(C(C)(C)C=O)n3)nc(N)nc2-c2ccc(F)cc2)cc(C(C)F)n1. The first-order chi connectivity index (χ1) is 20.0. The summed E-state index contributed by atoms with van der Waals surface area (Å²) in [5, 5.41) is 7.00. The number of hydrogen-bond donors (Lipinski definition) is 2. The third-order valence-corrected chi connectivity index (χ3v) is 6.43. The van der Waals surface area contributed by atoms with Gasteiger partial charge in [0.15, 0.2) is 0 Å². The van der Waals surface area contributed by atoms with Crippen molar-refractivity contribution in [2.24, 2.45) is 0 Å². The first-order valence-corrected chi connectivity index (χ1v) is 13.3. The normalized spacial score (nSPS) is 11.7. The Morgan fingerprint density at radius 3 is 2.38 bits per heavy atom. The van der Waals surface area contributed by atoms with Crippen molar-refractivity contribution < 1.29 is 23.4 Å². The van der Waals surface area contributed by atoms with E-state index in [9.17, 15) is 13.6 Å². The number of carbonyl (C=O) groups is 1. The summed E-state index contributed by atoms with van der Waals surface area (Å²) in [6, 6.07) is 14.8. The third-order valence-electron chi connectivity index (χ3n) is 6.43. The van der Waals surface area contributed by atoms with Crippen molar-refractivity contribution in [1.82, 2.24) is 19.9 Å². The van der Waals surface area contributed by atoms with Gasteiger partial charge in [0.25, 0.3) is 0 Å². The fourth-order valence-corrected chi connectivity index (χ4v) is 4.13. The lowest BCUT2D eigenvalue weighted by molar-refractivity contribution is -0.111. The standard InChI is InChI=1S/C30H32F2N6O2.CH4O/c1-18-15-21(16-23(34-18)19(2)31)26-27(20-9-11-22(32)12-10-20)36-29(33)37-28(26)40-14-13-38(5)25-8-6-7-24(35-25)30(3,4)17-39;1-2/h6-12,15-17,19H,13-14H2,1-5H3,(H2,33,36,37);2H,1H3. The number of nitrogens with two attached hydrogens (primary N) is 1. The van der Waals surface area contributed by atoms with Crippen LogP contribution < -0.4 is 15.4 Å². The van der Waals surface area contributed by atoms with Crippen LogP contribution in [0.3, 0.4) is 0 Å². The van der Waals surface area contributed by atoms with Crippen LogP contribution in [0.15, 0.2) is 54.6 Å². The number of nitrogen functional groups attached to an aromatic ring is 1. The monoisotopic (exact) mass is 578 g/mol. The van der Waals surface area contributed by atoms with Gasteiger partial charge in [0.05, 0.1) is 34.6 Å². The number of aromatic nitrogens is 4. The molecule has 4 aromatic rings. The number of likely N-dealkylation sites (N-methyl/N-ethyl adjacent to an activating group) is 1. The van der Waals surface area contributed by atoms with Crippen LogP contribution in [-0.4, -0.2) is 58.6 Å². The van der Waals surface area contributed by atoms with Crippen LogP contribution in [0.5, 0.6) is 5.88 Å². The Kier molecular flexibility index (Phi) is 10.6. The molecule has 0 bridgehead atoms. The molecule has 3 aromatic heterocycles. The first-order valence-electron chi connectivity index (χ1n) is 13.3. The molecule has 0 amide bonds. The summed E-state index contributed by atoms with van der Waals surface area (Å²) in [5.41, 5.74) is 8.99. The number of alkyl halides is 1. The fourth-order valence-electron chi connectivity index (χ4n) is 4.13. The van der Waals surface area contributed by atoms with E-state index in [-0.39, 0.29) is 24.1 Å². The number of halogens is 2. The number of hydrogen-bond acceptors (Lipinski definition) is 9. The fraction of sp³-hybridized carbons (Fsp3) is 0.323. The predicted octanol–water partition coefficient (Wildman–Crippen LogP) is 5.26. The number of ether oxygens (including phenoxy) is 1. The van der Waals surface area contributed by atoms with Gasteiger partial charge in [0.1, 0.15) is 30.7 Å². The molecule has 11 heteroatoms. The predicted molar refractivity (Wildman–Crippen MR) is 160 cm³/mol. The highest BCUT2D eigenvalue weighted by Crippen LogP contribution is 2.39. The van der Waals surface area contributed by atoms with Crippen molar-refractivity contribution in [3.63, 3.8) is 0 Å². The molecular weight excluding hydrogens is 542 g/mol. The summed E-state index contributed by atoms with van der Waals surface area (Å²) >= 11 is 0. The number of rotatable bonds is 10. The lowest BCUT2D eigenvalue weighted by Crippen LogP contribution is -2.27. The molecule has 1 unspecified atom stereocenters. The minimum atomic E-state index is -1.30. The van der Waals surface area contributed by atoms with Gasteiger partial charge >= 0.3 is 0 Å². The van der Waals surface area contributed by atoms with Crippen molar-refractivity contribution in [1.29, 1.82) is 0 Å². The maximum Gasteiger partial charge on any atom is 0.226 e. The zero-order valence-corrected chi connectivity index (χ0v) is 24.6. The van der Waals surface area contributed by atoms with Crippen LogP contribution in [0.1, 0.15) is 44.0 Å². The van der Waals surface area contributed by atoms with Gasteiger partial charge in [-0.3, -0.25) is 4.98 Å². The smallest absolute Gasteiger partial charge is 0.226 e. The van der Waals surface area contributed by atoms with E-state index in [0.29, 0.717) is 46.1 Å². The second-order valence-corrected chi connectivity index (χ2v) is 10.1. The molecule has 0 saturated heterocycles. The lowest BCUT2D eigenvalue weighted by atomic mass is 9.91. The molecule has 3 heterocycles. The molecule has 222 valence electrons. The largest absolute Gasteiger partial charge is 0.475 e. The summed E-state index contributed by atoms with van der Waals surface area (Å²) in [6.07, 6.45) is -0.425. The quantitative estimate of drug-likeness (QED) is 0.242. The van der Waals surface area contributed by atoms with E-state index in [2.05, 4.69) is 19.9 Å². The average Bonchev–Trinajstić information content (AvgIpc) is 2.98. The van der Waals surface area contributed by atoms with E-state index in [1.807, 2.05) is 44.0 Å². The Balaban J connectivity index is 0.00000237.